The van der Waals surface area contributed by atoms with E-state index in [1.165, 1.54) is 19.3 Å². The third-order valence-corrected chi connectivity index (χ3v) is 4.45. The van der Waals surface area contributed by atoms with Crippen molar-refractivity contribution in [1.82, 2.24) is 0 Å². The van der Waals surface area contributed by atoms with Crippen molar-refractivity contribution in [3.05, 3.63) is 107 Å². The maximum absolute atomic E-state index is 12.2. The first kappa shape index (κ1) is 23.0. The van der Waals surface area contributed by atoms with Gasteiger partial charge in [-0.25, -0.2) is 9.59 Å². The molecule has 3 rings (SSSR count). The highest BCUT2D eigenvalue weighted by atomic mass is 16.5. The summed E-state index contributed by atoms with van der Waals surface area (Å²) in [4.78, 5) is 23.7. The van der Waals surface area contributed by atoms with Crippen molar-refractivity contribution in [1.29, 1.82) is 5.26 Å². The van der Waals surface area contributed by atoms with Crippen molar-refractivity contribution in [3.63, 3.8) is 0 Å². The summed E-state index contributed by atoms with van der Waals surface area (Å²) in [5, 5.41) is 9.06. The van der Waals surface area contributed by atoms with Crippen LogP contribution in [0.1, 0.15) is 16.7 Å². The maximum atomic E-state index is 12.2. The molecule has 6 nitrogen and oxygen atoms in total. The fraction of sp³-hybridized carbons (Fsp3) is 0.0741. The van der Waals surface area contributed by atoms with E-state index in [1.807, 2.05) is 54.6 Å². The van der Waals surface area contributed by atoms with E-state index in [1.54, 1.807) is 36.4 Å². The molecule has 0 aromatic heterocycles. The minimum atomic E-state index is -0.737. The lowest BCUT2D eigenvalue weighted by Gasteiger charge is -2.06. The molecule has 0 bridgehead atoms. The summed E-state index contributed by atoms with van der Waals surface area (Å²) < 4.78 is 15.6. The van der Waals surface area contributed by atoms with Gasteiger partial charge in [-0.1, -0.05) is 54.6 Å². The van der Waals surface area contributed by atoms with Crippen molar-refractivity contribution >= 4 is 24.1 Å². The number of nitriles is 1. The third-order valence-electron chi connectivity index (χ3n) is 4.45. The van der Waals surface area contributed by atoms with Crippen LogP contribution >= 0.6 is 0 Å². The van der Waals surface area contributed by atoms with Gasteiger partial charge in [-0.15, -0.1) is 0 Å². The Kier molecular flexibility index (Phi) is 8.15. The predicted molar refractivity (Wildman–Crippen MR) is 124 cm³/mol. The summed E-state index contributed by atoms with van der Waals surface area (Å²) in [7, 11) is 1.20. The van der Waals surface area contributed by atoms with Gasteiger partial charge in [-0.3, -0.25) is 0 Å². The van der Waals surface area contributed by atoms with E-state index in [0.717, 1.165) is 16.9 Å². The van der Waals surface area contributed by atoms with Gasteiger partial charge >= 0.3 is 11.9 Å². The van der Waals surface area contributed by atoms with Crippen LogP contribution < -0.4 is 9.47 Å². The number of esters is 2. The number of hydrogen-bond acceptors (Lipinski definition) is 6. The zero-order chi connectivity index (χ0) is 23.5. The third kappa shape index (κ3) is 7.23. The number of benzene rings is 3. The van der Waals surface area contributed by atoms with Crippen LogP contribution in [0.2, 0.25) is 0 Å². The first-order valence-electron chi connectivity index (χ1n) is 10.0. The number of hydrogen-bond donors (Lipinski definition) is 0. The summed E-state index contributed by atoms with van der Waals surface area (Å²) in [6.45, 7) is 0.478. The standard InChI is InChI=1S/C27H21NO5/c1-31-27(30)23(18-28)16-22-8-5-9-25(17-22)33-26(29)15-12-20-10-13-24(14-11-20)32-19-21-6-3-2-4-7-21/h2-17H,19H2,1H3/b15-12+,23-16+. The molecule has 0 radical (unpaired) electrons. The van der Waals surface area contributed by atoms with Crippen LogP contribution in [-0.2, 0) is 20.9 Å². The summed E-state index contributed by atoms with van der Waals surface area (Å²) in [6, 6.07) is 25.5. The molecule has 0 heterocycles. The SMILES string of the molecule is COC(=O)/C(C#N)=C/c1cccc(OC(=O)/C=C/c2ccc(OCc3ccccc3)cc2)c1. The van der Waals surface area contributed by atoms with Gasteiger partial charge in [0.1, 0.15) is 29.7 Å². The fourth-order valence-corrected chi connectivity index (χ4v) is 2.81. The lowest BCUT2D eigenvalue weighted by Crippen LogP contribution is -2.04. The smallest absolute Gasteiger partial charge is 0.348 e. The minimum Gasteiger partial charge on any atom is -0.489 e. The Balaban J connectivity index is 1.57. The van der Waals surface area contributed by atoms with Gasteiger partial charge in [-0.05, 0) is 53.1 Å². The Morgan fingerprint density at radius 2 is 1.67 bits per heavy atom. The number of nitrogens with zero attached hydrogens (tertiary/aromatic N) is 1. The van der Waals surface area contributed by atoms with E-state index in [-0.39, 0.29) is 11.3 Å². The molecule has 0 atom stereocenters. The highest BCUT2D eigenvalue weighted by molar-refractivity contribution is 5.97. The monoisotopic (exact) mass is 439 g/mol. The molecule has 0 saturated carbocycles. The fourth-order valence-electron chi connectivity index (χ4n) is 2.81. The first-order chi connectivity index (χ1) is 16.1. The quantitative estimate of drug-likeness (QED) is 0.213. The molecule has 0 unspecified atom stereocenters. The Labute approximate surface area is 192 Å². The number of methoxy groups -OCH3 is 1. The van der Waals surface area contributed by atoms with Crippen molar-refractivity contribution in [3.8, 4) is 17.6 Å². The Morgan fingerprint density at radius 3 is 2.36 bits per heavy atom. The number of carbonyl (C=O) groups is 2. The molecule has 0 N–H and O–H groups in total. The Hall–Kier alpha value is -4.63. The van der Waals surface area contributed by atoms with Crippen LogP contribution in [0.25, 0.3) is 12.2 Å². The molecule has 164 valence electrons. The molecule has 3 aromatic carbocycles. The van der Waals surface area contributed by atoms with Crippen molar-refractivity contribution in [2.24, 2.45) is 0 Å². The van der Waals surface area contributed by atoms with Gasteiger partial charge in [0.15, 0.2) is 0 Å². The predicted octanol–water partition coefficient (Wildman–Crippen LogP) is 4.96. The topological polar surface area (TPSA) is 85.6 Å². The average Bonchev–Trinajstić information content (AvgIpc) is 2.86. The van der Waals surface area contributed by atoms with Crippen molar-refractivity contribution in [2.45, 2.75) is 6.61 Å². The van der Waals surface area contributed by atoms with Gasteiger partial charge in [0, 0.05) is 6.08 Å². The average molecular weight is 439 g/mol. The largest absolute Gasteiger partial charge is 0.489 e. The van der Waals surface area contributed by atoms with Crippen LogP contribution in [0, 0.1) is 11.3 Å². The number of ether oxygens (including phenoxy) is 3. The first-order valence-corrected chi connectivity index (χ1v) is 10.0. The molecule has 0 saturated heterocycles. The Bertz CT molecular complexity index is 1210. The van der Waals surface area contributed by atoms with Crippen molar-refractivity contribution < 1.29 is 23.8 Å². The van der Waals surface area contributed by atoms with E-state index in [0.29, 0.717) is 12.2 Å². The number of carbonyl (C=O) groups excluding carboxylic acids is 2. The van der Waals surface area contributed by atoms with Gasteiger partial charge in [0.05, 0.1) is 7.11 Å². The normalized spacial score (nSPS) is 11.0. The molecular formula is C27H21NO5. The van der Waals surface area contributed by atoms with Gasteiger partial charge in [0.2, 0.25) is 0 Å². The molecule has 0 fully saturated rings. The molecule has 33 heavy (non-hydrogen) atoms. The van der Waals surface area contributed by atoms with Gasteiger partial charge in [0.25, 0.3) is 0 Å². The Morgan fingerprint density at radius 1 is 0.909 bits per heavy atom. The van der Waals surface area contributed by atoms with E-state index in [9.17, 15) is 9.59 Å². The zero-order valence-corrected chi connectivity index (χ0v) is 17.9. The zero-order valence-electron chi connectivity index (χ0n) is 17.9. The summed E-state index contributed by atoms with van der Waals surface area (Å²) in [5.74, 6) is -0.286. The van der Waals surface area contributed by atoms with Crippen LogP contribution in [0.15, 0.2) is 90.5 Å². The molecule has 6 heteroatoms. The molecule has 0 amide bonds. The highest BCUT2D eigenvalue weighted by Gasteiger charge is 2.09. The van der Waals surface area contributed by atoms with Crippen LogP contribution in [0.3, 0.4) is 0 Å². The molecule has 0 aliphatic rings. The van der Waals surface area contributed by atoms with E-state index >= 15 is 0 Å². The molecule has 0 aliphatic heterocycles. The van der Waals surface area contributed by atoms with Crippen LogP contribution in [-0.4, -0.2) is 19.0 Å². The number of rotatable bonds is 8. The van der Waals surface area contributed by atoms with Gasteiger partial charge in [-0.2, -0.15) is 5.26 Å². The molecule has 0 aliphatic carbocycles. The summed E-state index contributed by atoms with van der Waals surface area (Å²) in [6.07, 6.45) is 4.32. The summed E-state index contributed by atoms with van der Waals surface area (Å²) in [5.41, 5.74) is 2.26. The van der Waals surface area contributed by atoms with E-state index < -0.39 is 11.9 Å². The van der Waals surface area contributed by atoms with Crippen LogP contribution in [0.4, 0.5) is 0 Å². The van der Waals surface area contributed by atoms with Crippen molar-refractivity contribution in [2.75, 3.05) is 7.11 Å². The maximum Gasteiger partial charge on any atom is 0.348 e. The van der Waals surface area contributed by atoms with E-state index in [2.05, 4.69) is 4.74 Å². The lowest BCUT2D eigenvalue weighted by molar-refractivity contribution is -0.135. The highest BCUT2D eigenvalue weighted by Crippen LogP contribution is 2.18. The molecule has 3 aromatic rings. The van der Waals surface area contributed by atoms with Crippen LogP contribution in [0.5, 0.6) is 11.5 Å². The second-order valence-electron chi connectivity index (χ2n) is 6.83. The van der Waals surface area contributed by atoms with Gasteiger partial charge < -0.3 is 14.2 Å². The summed E-state index contributed by atoms with van der Waals surface area (Å²) >= 11 is 0. The minimum absolute atomic E-state index is 0.155. The van der Waals surface area contributed by atoms with E-state index in [4.69, 9.17) is 14.7 Å². The molecule has 0 spiro atoms. The molecular weight excluding hydrogens is 418 g/mol. The second kappa shape index (κ2) is 11.7. The lowest BCUT2D eigenvalue weighted by atomic mass is 10.1. The second-order valence-corrected chi connectivity index (χ2v) is 6.83.